The van der Waals surface area contributed by atoms with Gasteiger partial charge in [0.25, 0.3) is 0 Å². The summed E-state index contributed by atoms with van der Waals surface area (Å²) in [6, 6.07) is 109. The summed E-state index contributed by atoms with van der Waals surface area (Å²) < 4.78 is 0. The van der Waals surface area contributed by atoms with E-state index in [1.807, 2.05) is 0 Å². The molecule has 0 aromatic heterocycles. The fourth-order valence-corrected chi connectivity index (χ4v) is 21.1. The molecule has 0 spiro atoms. The maximum Gasteiger partial charge on any atom is 0.0165 e. The Morgan fingerprint density at radius 3 is 0.725 bits per heavy atom. The van der Waals surface area contributed by atoms with Crippen LogP contribution in [-0.2, 0) is 21.7 Å². The van der Waals surface area contributed by atoms with Crippen molar-refractivity contribution in [2.45, 2.75) is 77.0 Å². The average Bonchev–Trinajstić information content (AvgIpc) is 1.53. The van der Waals surface area contributed by atoms with Crippen LogP contribution >= 0.6 is 0 Å². The van der Waals surface area contributed by atoms with E-state index < -0.39 is 0 Å². The topological polar surface area (TPSA) is 0 Å². The van der Waals surface area contributed by atoms with Crippen LogP contribution in [0.5, 0.6) is 0 Å². The summed E-state index contributed by atoms with van der Waals surface area (Å²) >= 11 is 0. The molecule has 23 rings (SSSR count). The summed E-state index contributed by atoms with van der Waals surface area (Å²) in [5, 5.41) is 32.6. The van der Waals surface area contributed by atoms with Gasteiger partial charge in [0.05, 0.1) is 0 Å². The molecule has 19 aromatic rings. The van der Waals surface area contributed by atoms with Crippen molar-refractivity contribution in [1.29, 1.82) is 0 Å². The molecule has 102 heavy (non-hydrogen) atoms. The van der Waals surface area contributed by atoms with E-state index in [1.54, 1.807) is 0 Å². The molecule has 0 radical (unpaired) electrons. The Kier molecular flexibility index (Phi) is 10.8. The highest BCUT2D eigenvalue weighted by molar-refractivity contribution is 6.34. The van der Waals surface area contributed by atoms with Crippen molar-refractivity contribution in [1.82, 2.24) is 0 Å². The highest BCUT2D eigenvalue weighted by atomic mass is 14.4. The van der Waals surface area contributed by atoms with Crippen LogP contribution < -0.4 is 0 Å². The fraction of sp³-hybridized carbons (Fsp3) is 0.118. The molecule has 0 fully saturated rings. The van der Waals surface area contributed by atoms with Crippen LogP contribution in [0.15, 0.2) is 279 Å². The second kappa shape index (κ2) is 19.2. The van der Waals surface area contributed by atoms with E-state index >= 15 is 0 Å². The van der Waals surface area contributed by atoms with Gasteiger partial charge in [0, 0.05) is 21.7 Å². The molecule has 4 aliphatic rings. The number of rotatable bonds is 6. The second-order valence-electron chi connectivity index (χ2n) is 32.5. The monoisotopic (exact) mass is 1290 g/mol. The molecule has 0 saturated carbocycles. The predicted octanol–water partition coefficient (Wildman–Crippen LogP) is 28.1. The van der Waals surface area contributed by atoms with Gasteiger partial charge >= 0.3 is 0 Å². The lowest BCUT2D eigenvalue weighted by Crippen LogP contribution is -2.17. The van der Waals surface area contributed by atoms with Gasteiger partial charge in [-0.3, -0.25) is 0 Å². The first kappa shape index (κ1) is 57.1. The second-order valence-corrected chi connectivity index (χ2v) is 32.5. The van der Waals surface area contributed by atoms with Crippen LogP contribution in [0.4, 0.5) is 0 Å². The highest BCUT2D eigenvalue weighted by Crippen LogP contribution is 2.59. The summed E-state index contributed by atoms with van der Waals surface area (Å²) in [5.74, 6) is 0. The predicted molar refractivity (Wildman–Crippen MR) is 438 cm³/mol. The van der Waals surface area contributed by atoms with Crippen molar-refractivity contribution >= 4 is 129 Å². The number of hydrogen-bond donors (Lipinski definition) is 0. The van der Waals surface area contributed by atoms with Crippen LogP contribution in [0.3, 0.4) is 0 Å². The fourth-order valence-electron chi connectivity index (χ4n) is 21.1. The van der Waals surface area contributed by atoms with Crippen LogP contribution in [0.25, 0.3) is 196 Å². The zero-order valence-electron chi connectivity index (χ0n) is 58.6. The molecule has 0 unspecified atom stereocenters. The third-order valence-corrected chi connectivity index (χ3v) is 26.0. The maximum atomic E-state index is 2.58. The van der Waals surface area contributed by atoms with Gasteiger partial charge in [-0.1, -0.05) is 280 Å². The smallest absolute Gasteiger partial charge is 0.0165 e. The van der Waals surface area contributed by atoms with Gasteiger partial charge in [-0.15, -0.1) is 0 Å². The Morgan fingerprint density at radius 2 is 0.382 bits per heavy atom. The normalized spacial score (nSPS) is 15.4. The van der Waals surface area contributed by atoms with E-state index in [0.717, 1.165) is 0 Å². The quantitative estimate of drug-likeness (QED) is 0.146. The summed E-state index contributed by atoms with van der Waals surface area (Å²) in [7, 11) is 0. The van der Waals surface area contributed by atoms with E-state index in [2.05, 4.69) is 334 Å². The Balaban J connectivity index is 0.627. The van der Waals surface area contributed by atoms with Crippen molar-refractivity contribution in [3.8, 4) is 66.8 Å². The van der Waals surface area contributed by atoms with E-state index in [9.17, 15) is 0 Å². The zero-order valence-corrected chi connectivity index (χ0v) is 58.6. The van der Waals surface area contributed by atoms with Crippen LogP contribution in [0, 0.1) is 0 Å². The molecule has 0 nitrogen and oxygen atoms in total. The minimum absolute atomic E-state index is 0.0341. The van der Waals surface area contributed by atoms with E-state index in [1.165, 1.54) is 241 Å². The van der Waals surface area contributed by atoms with Crippen LogP contribution in [0.2, 0.25) is 0 Å². The lowest BCUT2D eigenvalue weighted by Gasteiger charge is -2.26. The summed E-state index contributed by atoms with van der Waals surface area (Å²) in [5.41, 5.74) is 25.7. The molecule has 0 bridgehead atoms. The first-order valence-corrected chi connectivity index (χ1v) is 36.7. The molecule has 0 amide bonds. The van der Waals surface area contributed by atoms with Crippen molar-refractivity contribution < 1.29 is 0 Å². The molecule has 0 heteroatoms. The van der Waals surface area contributed by atoms with E-state index in [-0.39, 0.29) is 21.7 Å². The Labute approximate surface area is 592 Å². The SMILES string of the molecule is CC1(C)c2cccc3c4ccc(-c5cccc(-c6cccc(-c7ccc8c(c7)c7cccc9c7c7c(cc(-c%10ccc%11c%12ccc(-c%13cccc(-c%14ccc%15c(c%14)c%14cccc%16c%14c%14c(cccc%15%14)C%16(C)C)c%13)cc%12c%12cccc%13c%12c%11c%10C%13(C)C)cc87)C9(C)C)c6)c5)cc4c4cccc1c4c23. The van der Waals surface area contributed by atoms with Gasteiger partial charge < -0.3 is 0 Å². The Hall–Kier alpha value is -11.7. The van der Waals surface area contributed by atoms with Crippen molar-refractivity contribution in [3.63, 3.8) is 0 Å². The molecule has 0 atom stereocenters. The van der Waals surface area contributed by atoms with Crippen LogP contribution in [0.1, 0.15) is 99.9 Å². The van der Waals surface area contributed by atoms with Crippen molar-refractivity contribution in [2.75, 3.05) is 0 Å². The number of fused-ring (bicyclic) bond motifs is 12. The largest absolute Gasteiger partial charge is 0.0613 e. The molecular formula is C102H70. The molecule has 0 heterocycles. The average molecular weight is 1300 g/mol. The van der Waals surface area contributed by atoms with E-state index in [0.29, 0.717) is 0 Å². The van der Waals surface area contributed by atoms with Crippen LogP contribution in [-0.4, -0.2) is 0 Å². The summed E-state index contributed by atoms with van der Waals surface area (Å²) in [4.78, 5) is 0. The summed E-state index contributed by atoms with van der Waals surface area (Å²) in [6.07, 6.45) is 0. The number of hydrogen-bond acceptors (Lipinski definition) is 0. The van der Waals surface area contributed by atoms with Gasteiger partial charge in [0.15, 0.2) is 0 Å². The van der Waals surface area contributed by atoms with Gasteiger partial charge in [-0.05, 0) is 295 Å². The molecule has 19 aromatic carbocycles. The molecule has 0 saturated heterocycles. The third-order valence-electron chi connectivity index (χ3n) is 26.0. The first-order valence-electron chi connectivity index (χ1n) is 36.7. The van der Waals surface area contributed by atoms with Gasteiger partial charge in [-0.2, -0.15) is 0 Å². The lowest BCUT2D eigenvalue weighted by molar-refractivity contribution is 0.661. The maximum absolute atomic E-state index is 2.58. The van der Waals surface area contributed by atoms with Gasteiger partial charge in [0.1, 0.15) is 0 Å². The minimum Gasteiger partial charge on any atom is -0.0613 e. The lowest BCUT2D eigenvalue weighted by atomic mass is 9.76. The van der Waals surface area contributed by atoms with Crippen molar-refractivity contribution in [3.05, 3.63) is 324 Å². The van der Waals surface area contributed by atoms with Crippen molar-refractivity contribution in [2.24, 2.45) is 0 Å². The molecular weight excluding hydrogens is 1230 g/mol. The minimum atomic E-state index is -0.259. The molecule has 0 aliphatic heterocycles. The zero-order chi connectivity index (χ0) is 67.9. The summed E-state index contributed by atoms with van der Waals surface area (Å²) in [6.45, 7) is 19.4. The van der Waals surface area contributed by atoms with E-state index in [4.69, 9.17) is 0 Å². The van der Waals surface area contributed by atoms with Gasteiger partial charge in [-0.25, -0.2) is 0 Å². The van der Waals surface area contributed by atoms with Gasteiger partial charge in [0.2, 0.25) is 0 Å². The molecule has 4 aliphatic carbocycles. The standard InChI is InChI=1S/C102H70/c1-99(2)83-30-12-24-71-67-40-36-61(49-78(67)73-26-14-32-85(99)92(73)90(71)83)57-20-9-18-55(46-57)56-19-10-21-58(47-56)64-39-43-70-81(52-64)75-28-16-34-87-94(75)96-82(70)53-65(54-89(96)101(87,5)6)66-44-45-77-69-42-38-63(51-80(69)76-29-17-35-88-95(76)97(77)98(66)102(88,7)8)60-23-11-22-59(48-60)62-37-41-68-72-25-13-31-84-91(72)93-74(79(68)50-62)27-15-33-86(93)100(84,3)4/h9-54H,1-8H3. The number of benzene rings is 19. The Bertz CT molecular complexity index is 7220. The Morgan fingerprint density at radius 1 is 0.147 bits per heavy atom. The molecule has 0 N–H and O–H groups in total. The molecule has 478 valence electrons. The highest BCUT2D eigenvalue weighted by Gasteiger charge is 2.41. The first-order chi connectivity index (χ1) is 49.6. The third kappa shape index (κ3) is 7.13.